The highest BCUT2D eigenvalue weighted by molar-refractivity contribution is 5.94. The van der Waals surface area contributed by atoms with E-state index < -0.39 is 0 Å². The molecule has 0 aliphatic carbocycles. The standard InChI is InChI=1S/C21H22N4O2/c1-27-20-7-3-2-6-17(20)8-10-24-21(26)18-11-19(15-23-14-18)25-13-16-5-4-9-22-12-16/h2-7,9,11-12,14-15,25H,8,10,13H2,1H3,(H,24,26). The Morgan fingerprint density at radius 2 is 1.96 bits per heavy atom. The first kappa shape index (κ1) is 18.4. The summed E-state index contributed by atoms with van der Waals surface area (Å²) in [5.41, 5.74) is 3.43. The third kappa shape index (κ3) is 5.28. The lowest BCUT2D eigenvalue weighted by Gasteiger charge is -2.10. The summed E-state index contributed by atoms with van der Waals surface area (Å²) in [5.74, 6) is 0.678. The Kier molecular flexibility index (Phi) is 6.35. The number of pyridine rings is 2. The number of carbonyl (C=O) groups excluding carboxylic acids is 1. The van der Waals surface area contributed by atoms with Crippen LogP contribution >= 0.6 is 0 Å². The Balaban J connectivity index is 1.54. The van der Waals surface area contributed by atoms with Gasteiger partial charge in [-0.3, -0.25) is 14.8 Å². The van der Waals surface area contributed by atoms with Crippen LogP contribution in [0.15, 0.2) is 67.3 Å². The maximum atomic E-state index is 12.4. The van der Waals surface area contributed by atoms with Gasteiger partial charge in [0.2, 0.25) is 0 Å². The summed E-state index contributed by atoms with van der Waals surface area (Å²) in [6.45, 7) is 1.14. The highest BCUT2D eigenvalue weighted by Crippen LogP contribution is 2.17. The molecule has 6 heteroatoms. The smallest absolute Gasteiger partial charge is 0.252 e. The lowest BCUT2D eigenvalue weighted by atomic mass is 10.1. The quantitative estimate of drug-likeness (QED) is 0.644. The number of hydrogen-bond acceptors (Lipinski definition) is 5. The van der Waals surface area contributed by atoms with Crippen molar-refractivity contribution in [3.8, 4) is 5.75 Å². The molecule has 6 nitrogen and oxygen atoms in total. The number of aromatic nitrogens is 2. The molecule has 0 spiro atoms. The predicted molar refractivity (Wildman–Crippen MR) is 105 cm³/mol. The molecule has 0 aliphatic heterocycles. The number of carbonyl (C=O) groups is 1. The molecule has 3 aromatic rings. The van der Waals surface area contributed by atoms with Crippen molar-refractivity contribution in [3.05, 3.63) is 83.9 Å². The largest absolute Gasteiger partial charge is 0.496 e. The zero-order valence-corrected chi connectivity index (χ0v) is 15.2. The average molecular weight is 362 g/mol. The topological polar surface area (TPSA) is 76.1 Å². The van der Waals surface area contributed by atoms with Crippen LogP contribution < -0.4 is 15.4 Å². The number of benzene rings is 1. The number of para-hydroxylation sites is 1. The van der Waals surface area contributed by atoms with E-state index in [1.807, 2.05) is 36.4 Å². The first-order chi connectivity index (χ1) is 13.3. The van der Waals surface area contributed by atoms with Crippen LogP contribution in [0, 0.1) is 0 Å². The fourth-order valence-corrected chi connectivity index (χ4v) is 2.69. The second-order valence-electron chi connectivity index (χ2n) is 5.99. The third-order valence-electron chi connectivity index (χ3n) is 4.09. The second kappa shape index (κ2) is 9.33. The van der Waals surface area contributed by atoms with Gasteiger partial charge >= 0.3 is 0 Å². The van der Waals surface area contributed by atoms with Crippen molar-refractivity contribution in [2.45, 2.75) is 13.0 Å². The summed E-state index contributed by atoms with van der Waals surface area (Å²) < 4.78 is 5.33. The van der Waals surface area contributed by atoms with Crippen molar-refractivity contribution in [3.63, 3.8) is 0 Å². The van der Waals surface area contributed by atoms with Gasteiger partial charge in [-0.05, 0) is 35.7 Å². The van der Waals surface area contributed by atoms with E-state index in [0.717, 1.165) is 22.6 Å². The van der Waals surface area contributed by atoms with E-state index in [-0.39, 0.29) is 5.91 Å². The number of hydrogen-bond donors (Lipinski definition) is 2. The van der Waals surface area contributed by atoms with Gasteiger partial charge in [-0.25, -0.2) is 0 Å². The fraction of sp³-hybridized carbons (Fsp3) is 0.190. The van der Waals surface area contributed by atoms with Gasteiger partial charge in [0.1, 0.15) is 5.75 Å². The van der Waals surface area contributed by atoms with Gasteiger partial charge in [0.15, 0.2) is 0 Å². The molecule has 0 atom stereocenters. The molecule has 0 saturated heterocycles. The number of amides is 1. The minimum Gasteiger partial charge on any atom is -0.496 e. The van der Waals surface area contributed by atoms with E-state index in [0.29, 0.717) is 25.1 Å². The van der Waals surface area contributed by atoms with Gasteiger partial charge < -0.3 is 15.4 Å². The summed E-state index contributed by atoms with van der Waals surface area (Å²) >= 11 is 0. The summed E-state index contributed by atoms with van der Waals surface area (Å²) in [4.78, 5) is 20.6. The van der Waals surface area contributed by atoms with E-state index >= 15 is 0 Å². The molecule has 0 aliphatic rings. The number of methoxy groups -OCH3 is 1. The highest BCUT2D eigenvalue weighted by Gasteiger charge is 2.08. The van der Waals surface area contributed by atoms with E-state index in [1.165, 1.54) is 0 Å². The molecule has 1 aromatic carbocycles. The molecular formula is C21H22N4O2. The molecule has 138 valence electrons. The van der Waals surface area contributed by atoms with Gasteiger partial charge in [-0.15, -0.1) is 0 Å². The highest BCUT2D eigenvalue weighted by atomic mass is 16.5. The van der Waals surface area contributed by atoms with Crippen molar-refractivity contribution in [1.82, 2.24) is 15.3 Å². The van der Waals surface area contributed by atoms with Gasteiger partial charge in [0, 0.05) is 37.9 Å². The van der Waals surface area contributed by atoms with Crippen molar-refractivity contribution in [1.29, 1.82) is 0 Å². The Morgan fingerprint density at radius 3 is 2.78 bits per heavy atom. The molecule has 3 rings (SSSR count). The number of nitrogens with zero attached hydrogens (tertiary/aromatic N) is 2. The Labute approximate surface area is 158 Å². The van der Waals surface area contributed by atoms with Crippen molar-refractivity contribution in [2.75, 3.05) is 19.0 Å². The summed E-state index contributed by atoms with van der Waals surface area (Å²) in [7, 11) is 1.65. The average Bonchev–Trinajstić information content (AvgIpc) is 2.73. The van der Waals surface area contributed by atoms with Crippen LogP contribution in [0.5, 0.6) is 5.75 Å². The second-order valence-corrected chi connectivity index (χ2v) is 5.99. The molecule has 27 heavy (non-hydrogen) atoms. The van der Waals surface area contributed by atoms with Crippen molar-refractivity contribution in [2.24, 2.45) is 0 Å². The van der Waals surface area contributed by atoms with Gasteiger partial charge in [-0.1, -0.05) is 24.3 Å². The lowest BCUT2D eigenvalue weighted by Crippen LogP contribution is -2.26. The number of rotatable bonds is 8. The van der Waals surface area contributed by atoms with Crippen LogP contribution in [0.25, 0.3) is 0 Å². The molecule has 0 radical (unpaired) electrons. The maximum Gasteiger partial charge on any atom is 0.252 e. The van der Waals surface area contributed by atoms with Gasteiger partial charge in [0.05, 0.1) is 18.4 Å². The molecule has 0 unspecified atom stereocenters. The predicted octanol–water partition coefficient (Wildman–Crippen LogP) is 3.07. The van der Waals surface area contributed by atoms with Crippen LogP contribution in [0.4, 0.5) is 5.69 Å². The van der Waals surface area contributed by atoms with Crippen LogP contribution in [0.2, 0.25) is 0 Å². The molecule has 2 heterocycles. The van der Waals surface area contributed by atoms with Crippen LogP contribution in [-0.2, 0) is 13.0 Å². The summed E-state index contributed by atoms with van der Waals surface area (Å²) in [5, 5.41) is 6.18. The monoisotopic (exact) mass is 362 g/mol. The van der Waals surface area contributed by atoms with Gasteiger partial charge in [-0.2, -0.15) is 0 Å². The van der Waals surface area contributed by atoms with Gasteiger partial charge in [0.25, 0.3) is 5.91 Å². The first-order valence-corrected chi connectivity index (χ1v) is 8.74. The molecule has 0 bridgehead atoms. The maximum absolute atomic E-state index is 12.4. The van der Waals surface area contributed by atoms with Crippen LogP contribution in [-0.4, -0.2) is 29.5 Å². The minimum atomic E-state index is -0.151. The van der Waals surface area contributed by atoms with E-state index in [2.05, 4.69) is 20.6 Å². The summed E-state index contributed by atoms with van der Waals surface area (Å²) in [6, 6.07) is 13.5. The van der Waals surface area contributed by atoms with Crippen LogP contribution in [0.3, 0.4) is 0 Å². The van der Waals surface area contributed by atoms with E-state index in [9.17, 15) is 4.79 Å². The minimum absolute atomic E-state index is 0.151. The summed E-state index contributed by atoms with van der Waals surface area (Å²) in [6.07, 6.45) is 7.49. The first-order valence-electron chi connectivity index (χ1n) is 8.74. The molecule has 2 N–H and O–H groups in total. The van der Waals surface area contributed by atoms with E-state index in [1.54, 1.807) is 38.0 Å². The Morgan fingerprint density at radius 1 is 1.07 bits per heavy atom. The zero-order valence-electron chi connectivity index (χ0n) is 15.2. The number of nitrogens with one attached hydrogen (secondary N) is 2. The number of ether oxygens (including phenoxy) is 1. The molecule has 2 aromatic heterocycles. The lowest BCUT2D eigenvalue weighted by molar-refractivity contribution is 0.0953. The molecular weight excluding hydrogens is 340 g/mol. The Bertz CT molecular complexity index is 884. The SMILES string of the molecule is COc1ccccc1CCNC(=O)c1cncc(NCc2cccnc2)c1. The Hall–Kier alpha value is -3.41. The van der Waals surface area contributed by atoms with E-state index in [4.69, 9.17) is 4.74 Å². The van der Waals surface area contributed by atoms with Crippen molar-refractivity contribution < 1.29 is 9.53 Å². The number of anilines is 1. The fourth-order valence-electron chi connectivity index (χ4n) is 2.69. The molecule has 0 saturated carbocycles. The third-order valence-corrected chi connectivity index (χ3v) is 4.09. The van der Waals surface area contributed by atoms with Crippen molar-refractivity contribution >= 4 is 11.6 Å². The molecule has 1 amide bonds. The normalized spacial score (nSPS) is 10.3. The van der Waals surface area contributed by atoms with Crippen LogP contribution in [0.1, 0.15) is 21.5 Å². The molecule has 0 fully saturated rings. The zero-order chi connectivity index (χ0) is 18.9.